The van der Waals surface area contributed by atoms with Crippen LogP contribution in [-0.2, 0) is 4.74 Å². The van der Waals surface area contributed by atoms with Crippen molar-refractivity contribution < 1.29 is 4.74 Å². The molecular formula is C10H12ClN3O. The summed E-state index contributed by atoms with van der Waals surface area (Å²) >= 11 is 5.80. The first-order valence-corrected chi connectivity index (χ1v) is 5.57. The van der Waals surface area contributed by atoms with Crippen LogP contribution in [0.5, 0.6) is 0 Å². The second kappa shape index (κ2) is 3.61. The van der Waals surface area contributed by atoms with Gasteiger partial charge in [0.1, 0.15) is 5.82 Å². The molecule has 0 amide bonds. The summed E-state index contributed by atoms with van der Waals surface area (Å²) in [4.78, 5) is 10.5. The Morgan fingerprint density at radius 3 is 2.73 bits per heavy atom. The summed E-state index contributed by atoms with van der Waals surface area (Å²) < 4.78 is 5.52. The fraction of sp³-hybridized carbons (Fsp3) is 0.600. The molecular weight excluding hydrogens is 214 g/mol. The van der Waals surface area contributed by atoms with Gasteiger partial charge in [-0.3, -0.25) is 0 Å². The zero-order valence-corrected chi connectivity index (χ0v) is 9.02. The molecule has 2 fully saturated rings. The van der Waals surface area contributed by atoms with E-state index in [0.29, 0.717) is 17.4 Å². The number of nitrogens with zero attached hydrogens (tertiary/aromatic N) is 3. The van der Waals surface area contributed by atoms with Crippen molar-refractivity contribution in [2.24, 2.45) is 0 Å². The van der Waals surface area contributed by atoms with Crippen LogP contribution < -0.4 is 4.90 Å². The maximum Gasteiger partial charge on any atom is 0.224 e. The normalized spacial score (nSPS) is 29.5. The zero-order chi connectivity index (χ0) is 10.3. The van der Waals surface area contributed by atoms with Gasteiger partial charge < -0.3 is 9.64 Å². The molecule has 2 atom stereocenters. The molecule has 0 unspecified atom stereocenters. The number of rotatable bonds is 1. The van der Waals surface area contributed by atoms with Gasteiger partial charge in [0.2, 0.25) is 5.28 Å². The van der Waals surface area contributed by atoms with Gasteiger partial charge in [-0.15, -0.1) is 0 Å². The highest BCUT2D eigenvalue weighted by Gasteiger charge is 2.38. The number of hydrogen-bond donors (Lipinski definition) is 0. The number of aromatic nitrogens is 2. The molecule has 0 spiro atoms. The van der Waals surface area contributed by atoms with Gasteiger partial charge in [-0.2, -0.15) is 0 Å². The van der Waals surface area contributed by atoms with E-state index in [9.17, 15) is 0 Å². The molecule has 0 saturated carbocycles. The first-order chi connectivity index (χ1) is 7.34. The van der Waals surface area contributed by atoms with Crippen molar-refractivity contribution in [3.05, 3.63) is 17.5 Å². The molecule has 4 nitrogen and oxygen atoms in total. The lowest BCUT2D eigenvalue weighted by atomic mass is 10.2. The third kappa shape index (κ3) is 1.58. The molecule has 1 aromatic heterocycles. The fourth-order valence-corrected chi connectivity index (χ4v) is 2.62. The molecule has 3 heterocycles. The maximum absolute atomic E-state index is 5.80. The van der Waals surface area contributed by atoms with Crippen molar-refractivity contribution in [3.63, 3.8) is 0 Å². The van der Waals surface area contributed by atoms with Gasteiger partial charge in [0.15, 0.2) is 0 Å². The van der Waals surface area contributed by atoms with E-state index in [2.05, 4.69) is 14.9 Å². The van der Waals surface area contributed by atoms with Crippen molar-refractivity contribution in [1.29, 1.82) is 0 Å². The minimum atomic E-state index is 0.318. The summed E-state index contributed by atoms with van der Waals surface area (Å²) in [5, 5.41) is 0.318. The van der Waals surface area contributed by atoms with Gasteiger partial charge >= 0.3 is 0 Å². The molecule has 2 aliphatic rings. The average Bonchev–Trinajstić information content (AvgIpc) is 2.49. The van der Waals surface area contributed by atoms with Crippen LogP contribution in [0, 0.1) is 0 Å². The predicted molar refractivity (Wildman–Crippen MR) is 57.2 cm³/mol. The van der Waals surface area contributed by atoms with E-state index in [1.807, 2.05) is 6.07 Å². The van der Waals surface area contributed by atoms with Crippen LogP contribution in [0.2, 0.25) is 5.28 Å². The number of anilines is 1. The van der Waals surface area contributed by atoms with E-state index in [-0.39, 0.29) is 0 Å². The second-order valence-corrected chi connectivity index (χ2v) is 4.35. The Bertz CT molecular complexity index is 357. The van der Waals surface area contributed by atoms with Crippen LogP contribution in [0.3, 0.4) is 0 Å². The van der Waals surface area contributed by atoms with E-state index < -0.39 is 0 Å². The molecule has 2 aliphatic heterocycles. The monoisotopic (exact) mass is 225 g/mol. The van der Waals surface area contributed by atoms with Crippen molar-refractivity contribution in [3.8, 4) is 0 Å². The first kappa shape index (κ1) is 9.36. The minimum absolute atomic E-state index is 0.318. The molecule has 3 rings (SSSR count). The van der Waals surface area contributed by atoms with E-state index in [1.54, 1.807) is 6.20 Å². The molecule has 5 heteroatoms. The third-order valence-corrected chi connectivity index (χ3v) is 3.30. The van der Waals surface area contributed by atoms with Crippen LogP contribution in [0.4, 0.5) is 5.82 Å². The number of halogens is 1. The van der Waals surface area contributed by atoms with Gasteiger partial charge in [0, 0.05) is 6.20 Å². The molecule has 0 aromatic carbocycles. The van der Waals surface area contributed by atoms with E-state index in [0.717, 1.165) is 19.0 Å². The van der Waals surface area contributed by atoms with E-state index in [4.69, 9.17) is 16.3 Å². The summed E-state index contributed by atoms with van der Waals surface area (Å²) in [7, 11) is 0. The Morgan fingerprint density at radius 1 is 1.33 bits per heavy atom. The first-order valence-electron chi connectivity index (χ1n) is 5.19. The number of ether oxygens (including phenoxy) is 1. The molecule has 0 radical (unpaired) electrons. The fourth-order valence-electron chi connectivity index (χ4n) is 2.47. The summed E-state index contributed by atoms with van der Waals surface area (Å²) in [5.41, 5.74) is 0. The van der Waals surface area contributed by atoms with Gasteiger partial charge in [0.25, 0.3) is 0 Å². The lowest BCUT2D eigenvalue weighted by molar-refractivity contribution is 0.0902. The quantitative estimate of drug-likeness (QED) is 0.679. The standard InChI is InChI=1S/C10H12ClN3O/c11-10-12-4-3-9(13-10)14-7-1-2-8(14)6-15-5-7/h3-4,7-8H,1-2,5-6H2/t7-,8+. The average molecular weight is 226 g/mol. The minimum Gasteiger partial charge on any atom is -0.377 e. The van der Waals surface area contributed by atoms with E-state index in [1.165, 1.54) is 12.8 Å². The van der Waals surface area contributed by atoms with Crippen LogP contribution in [0.15, 0.2) is 12.3 Å². The number of morpholine rings is 1. The van der Waals surface area contributed by atoms with Gasteiger partial charge in [-0.25, -0.2) is 9.97 Å². The molecule has 15 heavy (non-hydrogen) atoms. The van der Waals surface area contributed by atoms with Crippen LogP contribution >= 0.6 is 11.6 Å². The van der Waals surface area contributed by atoms with Crippen molar-refractivity contribution in [2.45, 2.75) is 24.9 Å². The van der Waals surface area contributed by atoms with Crippen LogP contribution in [0.1, 0.15) is 12.8 Å². The molecule has 0 N–H and O–H groups in total. The lowest BCUT2D eigenvalue weighted by Crippen LogP contribution is -2.46. The lowest BCUT2D eigenvalue weighted by Gasteiger charge is -2.35. The van der Waals surface area contributed by atoms with Crippen molar-refractivity contribution in [1.82, 2.24) is 9.97 Å². The van der Waals surface area contributed by atoms with Gasteiger partial charge in [-0.1, -0.05) is 0 Å². The second-order valence-electron chi connectivity index (χ2n) is 4.01. The largest absolute Gasteiger partial charge is 0.377 e. The SMILES string of the molecule is Clc1nccc(N2[C@@H]3CC[C@H]2COC3)n1. The number of fused-ring (bicyclic) bond motifs is 2. The predicted octanol–water partition coefficient (Wildman–Crippen LogP) is 1.50. The third-order valence-electron chi connectivity index (χ3n) is 3.12. The Labute approximate surface area is 93.2 Å². The summed E-state index contributed by atoms with van der Waals surface area (Å²) in [5.74, 6) is 0.936. The Hall–Kier alpha value is -0.870. The maximum atomic E-state index is 5.80. The summed E-state index contributed by atoms with van der Waals surface area (Å²) in [6.45, 7) is 1.61. The highest BCUT2D eigenvalue weighted by atomic mass is 35.5. The Balaban J connectivity index is 1.93. The van der Waals surface area contributed by atoms with Gasteiger partial charge in [-0.05, 0) is 30.5 Å². The van der Waals surface area contributed by atoms with Crippen LogP contribution in [0.25, 0.3) is 0 Å². The Morgan fingerprint density at radius 2 is 2.07 bits per heavy atom. The van der Waals surface area contributed by atoms with E-state index >= 15 is 0 Å². The summed E-state index contributed by atoms with van der Waals surface area (Å²) in [6.07, 6.45) is 4.08. The topological polar surface area (TPSA) is 38.2 Å². The molecule has 2 bridgehead atoms. The van der Waals surface area contributed by atoms with Gasteiger partial charge in [0.05, 0.1) is 25.3 Å². The van der Waals surface area contributed by atoms with Crippen LogP contribution in [-0.4, -0.2) is 35.3 Å². The smallest absolute Gasteiger partial charge is 0.224 e. The highest BCUT2D eigenvalue weighted by molar-refractivity contribution is 6.28. The zero-order valence-electron chi connectivity index (χ0n) is 8.27. The Kier molecular flexibility index (Phi) is 2.25. The van der Waals surface area contributed by atoms with Crippen molar-refractivity contribution >= 4 is 17.4 Å². The highest BCUT2D eigenvalue weighted by Crippen LogP contribution is 2.32. The summed E-state index contributed by atoms with van der Waals surface area (Å²) in [6, 6.07) is 2.85. The number of hydrogen-bond acceptors (Lipinski definition) is 4. The molecule has 1 aromatic rings. The molecule has 80 valence electrons. The molecule has 0 aliphatic carbocycles. The molecule has 2 saturated heterocycles. The van der Waals surface area contributed by atoms with Crippen molar-refractivity contribution in [2.75, 3.05) is 18.1 Å².